The first kappa shape index (κ1) is 13.6. The van der Waals surface area contributed by atoms with E-state index in [2.05, 4.69) is 32.0 Å². The van der Waals surface area contributed by atoms with Gasteiger partial charge in [-0.25, -0.2) is 0 Å². The van der Waals surface area contributed by atoms with Gasteiger partial charge >= 0.3 is 0 Å². The van der Waals surface area contributed by atoms with Crippen LogP contribution in [0.1, 0.15) is 48.8 Å². The highest BCUT2D eigenvalue weighted by molar-refractivity contribution is 5.32. The highest BCUT2D eigenvalue weighted by atomic mass is 16.5. The van der Waals surface area contributed by atoms with Crippen molar-refractivity contribution in [2.24, 2.45) is 5.73 Å². The Morgan fingerprint density at radius 3 is 2.50 bits per heavy atom. The van der Waals surface area contributed by atoms with Crippen LogP contribution in [0.25, 0.3) is 0 Å². The molecule has 0 bridgehead atoms. The number of nitrogens with two attached hydrogens (primary N) is 1. The highest BCUT2D eigenvalue weighted by Gasteiger charge is 2.21. The predicted molar refractivity (Wildman–Crippen MR) is 75.6 cm³/mol. The number of rotatable bonds is 3. The van der Waals surface area contributed by atoms with E-state index in [0.717, 1.165) is 12.8 Å². The van der Waals surface area contributed by atoms with Gasteiger partial charge in [-0.15, -0.1) is 0 Å². The minimum atomic E-state index is 0.219. The SMILES string of the molecule is Cc1cccc(C)c1COC1CCCCCC1N. The monoisotopic (exact) mass is 247 g/mol. The van der Waals surface area contributed by atoms with Crippen molar-refractivity contribution in [2.45, 2.75) is 64.7 Å². The Morgan fingerprint density at radius 2 is 1.78 bits per heavy atom. The number of benzene rings is 1. The van der Waals surface area contributed by atoms with Crippen molar-refractivity contribution in [3.8, 4) is 0 Å². The van der Waals surface area contributed by atoms with Gasteiger partial charge in [-0.2, -0.15) is 0 Å². The third kappa shape index (κ3) is 3.33. The highest BCUT2D eigenvalue weighted by Crippen LogP contribution is 2.22. The maximum absolute atomic E-state index is 6.19. The Hall–Kier alpha value is -0.860. The van der Waals surface area contributed by atoms with Gasteiger partial charge in [-0.1, -0.05) is 37.5 Å². The Kier molecular flexibility index (Phi) is 4.79. The van der Waals surface area contributed by atoms with Crippen molar-refractivity contribution in [1.29, 1.82) is 0 Å². The second-order valence-corrected chi connectivity index (χ2v) is 5.52. The molecule has 2 nitrogen and oxygen atoms in total. The van der Waals surface area contributed by atoms with Gasteiger partial charge in [0.05, 0.1) is 12.7 Å². The summed E-state index contributed by atoms with van der Waals surface area (Å²) in [6.07, 6.45) is 6.28. The Bertz CT molecular complexity index is 368. The quantitative estimate of drug-likeness (QED) is 0.830. The van der Waals surface area contributed by atoms with Crippen LogP contribution in [-0.2, 0) is 11.3 Å². The predicted octanol–water partition coefficient (Wildman–Crippen LogP) is 3.48. The lowest BCUT2D eigenvalue weighted by molar-refractivity contribution is 0.0190. The van der Waals surface area contributed by atoms with E-state index in [9.17, 15) is 0 Å². The average Bonchev–Trinajstić information content (AvgIpc) is 2.54. The van der Waals surface area contributed by atoms with E-state index in [1.54, 1.807) is 0 Å². The van der Waals surface area contributed by atoms with Crippen LogP contribution >= 0.6 is 0 Å². The fourth-order valence-electron chi connectivity index (χ4n) is 2.78. The average molecular weight is 247 g/mol. The molecule has 0 aliphatic heterocycles. The van der Waals surface area contributed by atoms with Crippen molar-refractivity contribution in [3.05, 3.63) is 34.9 Å². The normalized spacial score (nSPS) is 24.8. The molecule has 100 valence electrons. The molecule has 2 unspecified atom stereocenters. The first-order chi connectivity index (χ1) is 8.68. The van der Waals surface area contributed by atoms with Crippen LogP contribution in [0.5, 0.6) is 0 Å². The van der Waals surface area contributed by atoms with Crippen LogP contribution in [-0.4, -0.2) is 12.1 Å². The van der Waals surface area contributed by atoms with Crippen LogP contribution in [0.15, 0.2) is 18.2 Å². The zero-order chi connectivity index (χ0) is 13.0. The van der Waals surface area contributed by atoms with Gasteiger partial charge in [0, 0.05) is 6.04 Å². The van der Waals surface area contributed by atoms with Crippen LogP contribution in [0.4, 0.5) is 0 Å². The van der Waals surface area contributed by atoms with Gasteiger partial charge in [0.15, 0.2) is 0 Å². The molecule has 1 fully saturated rings. The summed E-state index contributed by atoms with van der Waals surface area (Å²) in [7, 11) is 0. The van der Waals surface area contributed by atoms with E-state index in [-0.39, 0.29) is 12.1 Å². The molecule has 2 N–H and O–H groups in total. The third-order valence-corrected chi connectivity index (χ3v) is 4.09. The maximum atomic E-state index is 6.19. The molecule has 2 atom stereocenters. The summed E-state index contributed by atoms with van der Waals surface area (Å²) in [5.41, 5.74) is 10.2. The van der Waals surface area contributed by atoms with Crippen molar-refractivity contribution >= 4 is 0 Å². The summed E-state index contributed by atoms with van der Waals surface area (Å²) in [4.78, 5) is 0. The molecule has 1 aromatic carbocycles. The second-order valence-electron chi connectivity index (χ2n) is 5.52. The van der Waals surface area contributed by atoms with E-state index < -0.39 is 0 Å². The molecular weight excluding hydrogens is 222 g/mol. The maximum Gasteiger partial charge on any atom is 0.0730 e. The largest absolute Gasteiger partial charge is 0.372 e. The Morgan fingerprint density at radius 1 is 1.11 bits per heavy atom. The fraction of sp³-hybridized carbons (Fsp3) is 0.625. The number of hydrogen-bond acceptors (Lipinski definition) is 2. The molecule has 0 saturated heterocycles. The summed E-state index contributed by atoms with van der Waals surface area (Å²) in [5.74, 6) is 0. The first-order valence-electron chi connectivity index (χ1n) is 7.11. The molecular formula is C16H25NO. The topological polar surface area (TPSA) is 35.2 Å². The molecule has 1 saturated carbocycles. The standard InChI is InChI=1S/C16H25NO/c1-12-7-6-8-13(2)14(12)11-18-16-10-5-3-4-9-15(16)17/h6-8,15-16H,3-5,9-11,17H2,1-2H3. The van der Waals surface area contributed by atoms with E-state index in [0.29, 0.717) is 6.61 Å². The van der Waals surface area contributed by atoms with Crippen molar-refractivity contribution in [2.75, 3.05) is 0 Å². The summed E-state index contributed by atoms with van der Waals surface area (Å²) in [5, 5.41) is 0. The van der Waals surface area contributed by atoms with Gasteiger partial charge < -0.3 is 10.5 Å². The number of aryl methyl sites for hydroxylation is 2. The zero-order valence-corrected chi connectivity index (χ0v) is 11.6. The molecule has 18 heavy (non-hydrogen) atoms. The van der Waals surface area contributed by atoms with Crippen molar-refractivity contribution < 1.29 is 4.74 Å². The summed E-state index contributed by atoms with van der Waals surface area (Å²) in [6.45, 7) is 5.01. The van der Waals surface area contributed by atoms with Crippen LogP contribution in [0.2, 0.25) is 0 Å². The molecule has 0 amide bonds. The van der Waals surface area contributed by atoms with Crippen molar-refractivity contribution in [1.82, 2.24) is 0 Å². The van der Waals surface area contributed by atoms with Crippen LogP contribution in [0, 0.1) is 13.8 Å². The molecule has 0 radical (unpaired) electrons. The van der Waals surface area contributed by atoms with Gasteiger partial charge in [-0.3, -0.25) is 0 Å². The molecule has 1 aliphatic carbocycles. The van der Waals surface area contributed by atoms with Crippen LogP contribution in [0.3, 0.4) is 0 Å². The molecule has 0 heterocycles. The molecule has 0 spiro atoms. The van der Waals surface area contributed by atoms with Crippen molar-refractivity contribution in [3.63, 3.8) is 0 Å². The van der Waals surface area contributed by atoms with E-state index in [1.165, 1.54) is 36.0 Å². The van der Waals surface area contributed by atoms with E-state index in [4.69, 9.17) is 10.5 Å². The number of ether oxygens (including phenoxy) is 1. The molecule has 2 rings (SSSR count). The third-order valence-electron chi connectivity index (χ3n) is 4.09. The first-order valence-corrected chi connectivity index (χ1v) is 7.11. The van der Waals surface area contributed by atoms with Gasteiger partial charge in [0.25, 0.3) is 0 Å². The molecule has 2 heteroatoms. The van der Waals surface area contributed by atoms with Gasteiger partial charge in [-0.05, 0) is 43.4 Å². The number of hydrogen-bond donors (Lipinski definition) is 1. The Balaban J connectivity index is 1.98. The smallest absolute Gasteiger partial charge is 0.0730 e. The summed E-state index contributed by atoms with van der Waals surface area (Å²) >= 11 is 0. The molecule has 1 aromatic rings. The zero-order valence-electron chi connectivity index (χ0n) is 11.6. The lowest BCUT2D eigenvalue weighted by Crippen LogP contribution is -2.35. The summed E-state index contributed by atoms with van der Waals surface area (Å²) in [6, 6.07) is 6.63. The minimum absolute atomic E-state index is 0.219. The van der Waals surface area contributed by atoms with Crippen LogP contribution < -0.4 is 5.73 Å². The van der Waals surface area contributed by atoms with E-state index in [1.807, 2.05) is 0 Å². The molecule has 1 aliphatic rings. The second kappa shape index (κ2) is 6.35. The minimum Gasteiger partial charge on any atom is -0.372 e. The van der Waals surface area contributed by atoms with Gasteiger partial charge in [0.2, 0.25) is 0 Å². The van der Waals surface area contributed by atoms with E-state index >= 15 is 0 Å². The summed E-state index contributed by atoms with van der Waals surface area (Å²) < 4.78 is 6.10. The van der Waals surface area contributed by atoms with Gasteiger partial charge in [0.1, 0.15) is 0 Å². The fourth-order valence-corrected chi connectivity index (χ4v) is 2.78. The lowest BCUT2D eigenvalue weighted by atomic mass is 10.0. The molecule has 0 aromatic heterocycles. The lowest BCUT2D eigenvalue weighted by Gasteiger charge is -2.23. The Labute approximate surface area is 111 Å².